The van der Waals surface area contributed by atoms with Gasteiger partial charge in [0, 0.05) is 10.9 Å². The molecule has 0 spiro atoms. The van der Waals surface area contributed by atoms with Gasteiger partial charge in [-0.2, -0.15) is 0 Å². The van der Waals surface area contributed by atoms with Gasteiger partial charge in [0.15, 0.2) is 0 Å². The van der Waals surface area contributed by atoms with Crippen LogP contribution in [-0.4, -0.2) is 13.2 Å². The third kappa shape index (κ3) is 4.10. The second kappa shape index (κ2) is 5.99. The van der Waals surface area contributed by atoms with Crippen LogP contribution in [0.15, 0.2) is 24.3 Å². The molecule has 0 radical (unpaired) electrons. The number of hydrogen-bond donors (Lipinski definition) is 1. The van der Waals surface area contributed by atoms with E-state index in [1.807, 2.05) is 24.3 Å². The molecule has 0 fully saturated rings. The molecule has 0 aliphatic heterocycles. The van der Waals surface area contributed by atoms with E-state index in [2.05, 4.69) is 13.8 Å². The van der Waals surface area contributed by atoms with Gasteiger partial charge < -0.3 is 10.5 Å². The van der Waals surface area contributed by atoms with Crippen LogP contribution in [0.1, 0.15) is 13.8 Å². The number of ether oxygens (including phenoxy) is 1. The molecule has 0 saturated carbocycles. The number of rotatable bonds is 5. The van der Waals surface area contributed by atoms with Crippen LogP contribution in [0.3, 0.4) is 0 Å². The monoisotopic (exact) mass is 227 g/mol. The highest BCUT2D eigenvalue weighted by Gasteiger charge is 2.11. The fraction of sp³-hybridized carbons (Fsp3) is 0.500. The Kier molecular flexibility index (Phi) is 4.92. The van der Waals surface area contributed by atoms with Crippen molar-refractivity contribution in [3.05, 3.63) is 29.3 Å². The van der Waals surface area contributed by atoms with Gasteiger partial charge >= 0.3 is 0 Å². The third-order valence-corrected chi connectivity index (χ3v) is 2.74. The summed E-state index contributed by atoms with van der Waals surface area (Å²) in [5, 5.41) is 0.696. The fourth-order valence-corrected chi connectivity index (χ4v) is 1.47. The van der Waals surface area contributed by atoms with Gasteiger partial charge in [-0.3, -0.25) is 0 Å². The molecule has 84 valence electrons. The molecule has 0 saturated heterocycles. The zero-order valence-corrected chi connectivity index (χ0v) is 10.00. The van der Waals surface area contributed by atoms with E-state index in [0.717, 1.165) is 5.75 Å². The van der Waals surface area contributed by atoms with Crippen molar-refractivity contribution in [2.24, 2.45) is 17.6 Å². The second-order valence-electron chi connectivity index (χ2n) is 4.01. The smallest absolute Gasteiger partial charge is 0.120 e. The summed E-state index contributed by atoms with van der Waals surface area (Å²) in [4.78, 5) is 0. The Bertz CT molecular complexity index is 301. The predicted octanol–water partition coefficient (Wildman–Crippen LogP) is 2.95. The van der Waals surface area contributed by atoms with Crippen LogP contribution in [0.5, 0.6) is 5.75 Å². The lowest BCUT2D eigenvalue weighted by molar-refractivity contribution is 0.214. The predicted molar refractivity (Wildman–Crippen MR) is 64.3 cm³/mol. The lowest BCUT2D eigenvalue weighted by Crippen LogP contribution is -2.26. The van der Waals surface area contributed by atoms with Crippen LogP contribution in [0.4, 0.5) is 0 Å². The molecular weight excluding hydrogens is 210 g/mol. The minimum Gasteiger partial charge on any atom is -0.493 e. The largest absolute Gasteiger partial charge is 0.493 e. The molecule has 0 aromatic heterocycles. The van der Waals surface area contributed by atoms with Crippen molar-refractivity contribution < 1.29 is 4.74 Å². The van der Waals surface area contributed by atoms with Crippen molar-refractivity contribution in [1.82, 2.24) is 0 Å². The topological polar surface area (TPSA) is 35.2 Å². The summed E-state index contributed by atoms with van der Waals surface area (Å²) in [7, 11) is 0. The number of hydrogen-bond acceptors (Lipinski definition) is 2. The first-order valence-corrected chi connectivity index (χ1v) is 5.59. The van der Waals surface area contributed by atoms with Gasteiger partial charge in [-0.1, -0.05) is 31.5 Å². The Morgan fingerprint density at radius 2 is 2.13 bits per heavy atom. The van der Waals surface area contributed by atoms with E-state index in [1.54, 1.807) is 0 Å². The first-order valence-electron chi connectivity index (χ1n) is 5.22. The molecule has 1 aromatic rings. The van der Waals surface area contributed by atoms with E-state index in [0.29, 0.717) is 30.0 Å². The fourth-order valence-electron chi connectivity index (χ4n) is 1.29. The molecule has 1 rings (SSSR count). The van der Waals surface area contributed by atoms with E-state index < -0.39 is 0 Å². The summed E-state index contributed by atoms with van der Waals surface area (Å²) in [6.45, 7) is 5.60. The first kappa shape index (κ1) is 12.3. The Labute approximate surface area is 96.4 Å². The summed E-state index contributed by atoms with van der Waals surface area (Å²) in [6, 6.07) is 7.43. The molecule has 0 aliphatic carbocycles. The maximum atomic E-state index is 5.85. The average Bonchev–Trinajstić information content (AvgIpc) is 2.18. The zero-order chi connectivity index (χ0) is 11.3. The molecule has 2 N–H and O–H groups in total. The van der Waals surface area contributed by atoms with Crippen LogP contribution in [0.2, 0.25) is 5.02 Å². The molecule has 0 heterocycles. The van der Waals surface area contributed by atoms with Gasteiger partial charge in [-0.05, 0) is 30.7 Å². The molecule has 1 aromatic carbocycles. The van der Waals surface area contributed by atoms with E-state index in [1.165, 1.54) is 0 Å². The highest BCUT2D eigenvalue weighted by atomic mass is 35.5. The van der Waals surface area contributed by atoms with Crippen LogP contribution in [0, 0.1) is 11.8 Å². The first-order chi connectivity index (χ1) is 7.13. The SMILES string of the molecule is CC(C)C(CN)COc1cccc(Cl)c1. The molecule has 2 nitrogen and oxygen atoms in total. The molecule has 3 heteroatoms. The Hall–Kier alpha value is -0.730. The van der Waals surface area contributed by atoms with Crippen molar-refractivity contribution in [2.45, 2.75) is 13.8 Å². The quantitative estimate of drug-likeness (QED) is 0.840. The zero-order valence-electron chi connectivity index (χ0n) is 9.24. The van der Waals surface area contributed by atoms with Crippen LogP contribution < -0.4 is 10.5 Å². The summed E-state index contributed by atoms with van der Waals surface area (Å²) in [6.07, 6.45) is 0. The van der Waals surface area contributed by atoms with Crippen LogP contribution in [-0.2, 0) is 0 Å². The maximum Gasteiger partial charge on any atom is 0.120 e. The van der Waals surface area contributed by atoms with Gasteiger partial charge in [0.1, 0.15) is 5.75 Å². The lowest BCUT2D eigenvalue weighted by Gasteiger charge is -2.19. The second-order valence-corrected chi connectivity index (χ2v) is 4.44. The molecule has 0 amide bonds. The summed E-state index contributed by atoms with van der Waals surface area (Å²) in [5.41, 5.74) is 5.66. The van der Waals surface area contributed by atoms with Gasteiger partial charge in [0.2, 0.25) is 0 Å². The van der Waals surface area contributed by atoms with Gasteiger partial charge in [0.05, 0.1) is 6.61 Å². The summed E-state index contributed by atoms with van der Waals surface area (Å²) < 4.78 is 5.64. The maximum absolute atomic E-state index is 5.85. The van der Waals surface area contributed by atoms with Gasteiger partial charge in [-0.25, -0.2) is 0 Å². The summed E-state index contributed by atoms with van der Waals surface area (Å²) >= 11 is 5.85. The van der Waals surface area contributed by atoms with E-state index in [-0.39, 0.29) is 0 Å². The highest BCUT2D eigenvalue weighted by molar-refractivity contribution is 6.30. The van der Waals surface area contributed by atoms with Crippen molar-refractivity contribution >= 4 is 11.6 Å². The van der Waals surface area contributed by atoms with Gasteiger partial charge in [0.25, 0.3) is 0 Å². The van der Waals surface area contributed by atoms with Crippen molar-refractivity contribution in [3.63, 3.8) is 0 Å². The van der Waals surface area contributed by atoms with E-state index in [9.17, 15) is 0 Å². The van der Waals surface area contributed by atoms with Crippen molar-refractivity contribution in [3.8, 4) is 5.75 Å². The van der Waals surface area contributed by atoms with Crippen molar-refractivity contribution in [2.75, 3.05) is 13.2 Å². The Morgan fingerprint density at radius 3 is 2.67 bits per heavy atom. The van der Waals surface area contributed by atoms with Crippen molar-refractivity contribution in [1.29, 1.82) is 0 Å². The highest BCUT2D eigenvalue weighted by Crippen LogP contribution is 2.19. The average molecular weight is 228 g/mol. The summed E-state index contributed by atoms with van der Waals surface area (Å²) in [5.74, 6) is 1.74. The molecule has 0 aliphatic rings. The van der Waals surface area contributed by atoms with E-state index in [4.69, 9.17) is 22.1 Å². The minimum atomic E-state index is 0.393. The lowest BCUT2D eigenvalue weighted by atomic mass is 9.97. The Balaban J connectivity index is 2.49. The molecule has 0 bridgehead atoms. The molecular formula is C12H18ClNO. The number of nitrogens with two attached hydrogens (primary N) is 1. The third-order valence-electron chi connectivity index (χ3n) is 2.51. The van der Waals surface area contributed by atoms with Gasteiger partial charge in [-0.15, -0.1) is 0 Å². The van der Waals surface area contributed by atoms with E-state index >= 15 is 0 Å². The molecule has 1 atom stereocenters. The van der Waals surface area contributed by atoms with Crippen LogP contribution in [0.25, 0.3) is 0 Å². The van der Waals surface area contributed by atoms with Crippen LogP contribution >= 0.6 is 11.6 Å². The normalized spacial score (nSPS) is 12.9. The molecule has 1 unspecified atom stereocenters. The molecule has 15 heavy (non-hydrogen) atoms. The number of benzene rings is 1. The number of halogens is 1. The standard InChI is InChI=1S/C12H18ClNO/c1-9(2)10(7-14)8-15-12-5-3-4-11(13)6-12/h3-6,9-10H,7-8,14H2,1-2H3. The minimum absolute atomic E-state index is 0.393. The Morgan fingerprint density at radius 1 is 1.40 bits per heavy atom.